The van der Waals surface area contributed by atoms with Gasteiger partial charge in [-0.2, -0.15) is 8.42 Å². The first kappa shape index (κ1) is 11.9. The molecule has 0 saturated carbocycles. The van der Waals surface area contributed by atoms with Gasteiger partial charge >= 0.3 is 0 Å². The number of hydrogen-bond acceptors (Lipinski definition) is 4. The third-order valence-corrected chi connectivity index (χ3v) is 4.03. The summed E-state index contributed by atoms with van der Waals surface area (Å²) in [5.41, 5.74) is 0. The van der Waals surface area contributed by atoms with Gasteiger partial charge in [0.2, 0.25) is 0 Å². The fraction of sp³-hybridized carbons (Fsp3) is 1.00. The van der Waals surface area contributed by atoms with Gasteiger partial charge in [0.05, 0.1) is 0 Å². The van der Waals surface area contributed by atoms with E-state index in [1.165, 1.54) is 0 Å². The van der Waals surface area contributed by atoms with Crippen LogP contribution in [0.1, 0.15) is 26.2 Å². The van der Waals surface area contributed by atoms with E-state index in [1.807, 2.05) is 6.92 Å². The summed E-state index contributed by atoms with van der Waals surface area (Å²) in [5, 5.41) is 9.63. The van der Waals surface area contributed by atoms with Gasteiger partial charge in [0.25, 0.3) is 10.1 Å². The van der Waals surface area contributed by atoms with E-state index >= 15 is 0 Å². The van der Waals surface area contributed by atoms with E-state index in [4.69, 9.17) is 4.55 Å². The first-order valence-electron chi connectivity index (χ1n) is 4.81. The molecule has 0 aromatic carbocycles. The normalized spacial score (nSPS) is 23.6. The van der Waals surface area contributed by atoms with Crippen LogP contribution in [0.25, 0.3) is 0 Å². The van der Waals surface area contributed by atoms with Crippen molar-refractivity contribution in [1.29, 1.82) is 0 Å². The van der Waals surface area contributed by atoms with Crippen LogP contribution in [0, 0.1) is 0 Å². The second-order valence-corrected chi connectivity index (χ2v) is 5.47. The smallest absolute Gasteiger partial charge is 0.295 e. The third kappa shape index (κ3) is 2.44. The fourth-order valence-corrected chi connectivity index (χ4v) is 2.40. The average molecular weight is 223 g/mol. The monoisotopic (exact) mass is 223 g/mol. The quantitative estimate of drug-likeness (QED) is 0.662. The molecule has 0 amide bonds. The van der Waals surface area contributed by atoms with Crippen molar-refractivity contribution in [2.24, 2.45) is 0 Å². The van der Waals surface area contributed by atoms with Crippen LogP contribution >= 0.6 is 0 Å². The Balaban J connectivity index is 2.58. The summed E-state index contributed by atoms with van der Waals surface area (Å²) in [7, 11) is -4.33. The molecular weight excluding hydrogens is 206 g/mol. The molecule has 1 fully saturated rings. The lowest BCUT2D eigenvalue weighted by Crippen LogP contribution is -2.49. The van der Waals surface area contributed by atoms with Gasteiger partial charge < -0.3 is 10.0 Å². The van der Waals surface area contributed by atoms with Gasteiger partial charge in [-0.3, -0.25) is 4.55 Å². The molecule has 1 rings (SSSR count). The summed E-state index contributed by atoms with van der Waals surface area (Å²) in [6, 6.07) is 0. The molecule has 1 aliphatic rings. The van der Waals surface area contributed by atoms with Crippen molar-refractivity contribution in [2.45, 2.75) is 31.1 Å². The highest BCUT2D eigenvalue weighted by atomic mass is 32.2. The standard InChI is InChI=1S/C8H17NO4S/c1-2-5-9-6-3-8(10,4-7-9)14(11,12)13/h10H,2-7H2,1H3,(H,11,12,13). The first-order chi connectivity index (χ1) is 6.39. The minimum absolute atomic E-state index is 0.0891. The van der Waals surface area contributed by atoms with Crippen LogP contribution in [0.15, 0.2) is 0 Å². The number of nitrogens with zero attached hydrogens (tertiary/aromatic N) is 1. The summed E-state index contributed by atoms with van der Waals surface area (Å²) in [6.07, 6.45) is 1.18. The number of hydrogen-bond donors (Lipinski definition) is 2. The van der Waals surface area contributed by atoms with Gasteiger partial charge in [0.1, 0.15) is 0 Å². The largest absolute Gasteiger partial charge is 0.372 e. The molecule has 1 aliphatic heterocycles. The van der Waals surface area contributed by atoms with E-state index in [0.29, 0.717) is 13.1 Å². The van der Waals surface area contributed by atoms with Crippen LogP contribution in [-0.4, -0.2) is 47.5 Å². The van der Waals surface area contributed by atoms with E-state index in [9.17, 15) is 13.5 Å². The molecular formula is C8H17NO4S. The van der Waals surface area contributed by atoms with E-state index in [2.05, 4.69) is 4.90 Å². The minimum atomic E-state index is -4.33. The SMILES string of the molecule is CCCN1CCC(O)(S(=O)(=O)O)CC1. The molecule has 84 valence electrons. The Bertz CT molecular complexity index is 280. The first-order valence-corrected chi connectivity index (χ1v) is 6.25. The van der Waals surface area contributed by atoms with Crippen LogP contribution < -0.4 is 0 Å². The zero-order valence-corrected chi connectivity index (χ0v) is 9.13. The van der Waals surface area contributed by atoms with Crippen molar-refractivity contribution in [1.82, 2.24) is 4.90 Å². The molecule has 0 aromatic rings. The summed E-state index contributed by atoms with van der Waals surface area (Å²) >= 11 is 0. The van der Waals surface area contributed by atoms with Crippen LogP contribution in [0.4, 0.5) is 0 Å². The van der Waals surface area contributed by atoms with Crippen LogP contribution in [0.3, 0.4) is 0 Å². The molecule has 0 aliphatic carbocycles. The van der Waals surface area contributed by atoms with Gasteiger partial charge in [-0.05, 0) is 13.0 Å². The highest BCUT2D eigenvalue weighted by Crippen LogP contribution is 2.26. The Hall–Kier alpha value is -0.170. The van der Waals surface area contributed by atoms with Crippen molar-refractivity contribution >= 4 is 10.1 Å². The Morgan fingerprint density at radius 2 is 1.86 bits per heavy atom. The van der Waals surface area contributed by atoms with Gasteiger partial charge in [-0.25, -0.2) is 0 Å². The lowest BCUT2D eigenvalue weighted by Gasteiger charge is -2.35. The van der Waals surface area contributed by atoms with Crippen molar-refractivity contribution in [3.63, 3.8) is 0 Å². The van der Waals surface area contributed by atoms with E-state index in [0.717, 1.165) is 13.0 Å². The molecule has 0 radical (unpaired) electrons. The van der Waals surface area contributed by atoms with Crippen LogP contribution in [0.2, 0.25) is 0 Å². The van der Waals surface area contributed by atoms with E-state index in [1.54, 1.807) is 0 Å². The number of rotatable bonds is 3. The van der Waals surface area contributed by atoms with E-state index < -0.39 is 15.1 Å². The van der Waals surface area contributed by atoms with E-state index in [-0.39, 0.29) is 12.8 Å². The molecule has 0 spiro atoms. The molecule has 5 nitrogen and oxygen atoms in total. The zero-order valence-electron chi connectivity index (χ0n) is 8.31. The highest BCUT2D eigenvalue weighted by molar-refractivity contribution is 7.87. The molecule has 0 bridgehead atoms. The Morgan fingerprint density at radius 3 is 2.21 bits per heavy atom. The molecule has 0 unspecified atom stereocenters. The molecule has 2 N–H and O–H groups in total. The maximum atomic E-state index is 10.9. The Labute approximate surface area is 84.5 Å². The summed E-state index contributed by atoms with van der Waals surface area (Å²) in [4.78, 5) is 0.164. The van der Waals surface area contributed by atoms with Crippen molar-refractivity contribution in [3.8, 4) is 0 Å². The zero-order chi connectivity index (χ0) is 10.8. The van der Waals surface area contributed by atoms with Gasteiger partial charge in [0, 0.05) is 25.9 Å². The second kappa shape index (κ2) is 4.14. The van der Waals surface area contributed by atoms with Crippen molar-refractivity contribution in [3.05, 3.63) is 0 Å². The summed E-state index contributed by atoms with van der Waals surface area (Å²) < 4.78 is 30.5. The summed E-state index contributed by atoms with van der Waals surface area (Å²) in [5.74, 6) is 0. The minimum Gasteiger partial charge on any atom is -0.372 e. The van der Waals surface area contributed by atoms with Crippen molar-refractivity contribution < 1.29 is 18.1 Å². The molecule has 1 heterocycles. The molecule has 6 heteroatoms. The lowest BCUT2D eigenvalue weighted by atomic mass is 10.1. The van der Waals surface area contributed by atoms with Gasteiger partial charge in [0.15, 0.2) is 4.93 Å². The lowest BCUT2D eigenvalue weighted by molar-refractivity contribution is 0.0390. The highest BCUT2D eigenvalue weighted by Gasteiger charge is 2.43. The summed E-state index contributed by atoms with van der Waals surface area (Å²) in [6.45, 7) is 3.99. The average Bonchev–Trinajstić information content (AvgIpc) is 2.08. The number of likely N-dealkylation sites (tertiary alicyclic amines) is 1. The molecule has 0 atom stereocenters. The molecule has 0 aromatic heterocycles. The van der Waals surface area contributed by atoms with Crippen molar-refractivity contribution in [2.75, 3.05) is 19.6 Å². The predicted octanol–water partition coefficient (Wildman–Crippen LogP) is 0.0686. The second-order valence-electron chi connectivity index (χ2n) is 3.76. The Kier molecular flexibility index (Phi) is 3.52. The molecule has 14 heavy (non-hydrogen) atoms. The van der Waals surface area contributed by atoms with Crippen LogP contribution in [-0.2, 0) is 10.1 Å². The maximum absolute atomic E-state index is 10.9. The number of piperidine rings is 1. The number of aliphatic hydroxyl groups is 1. The molecule has 1 saturated heterocycles. The third-order valence-electron chi connectivity index (χ3n) is 2.66. The van der Waals surface area contributed by atoms with Gasteiger partial charge in [-0.15, -0.1) is 0 Å². The topological polar surface area (TPSA) is 77.8 Å². The van der Waals surface area contributed by atoms with Gasteiger partial charge in [-0.1, -0.05) is 6.92 Å². The Morgan fingerprint density at radius 1 is 1.36 bits per heavy atom. The maximum Gasteiger partial charge on any atom is 0.295 e. The fourth-order valence-electron chi connectivity index (χ4n) is 1.70. The van der Waals surface area contributed by atoms with Crippen LogP contribution in [0.5, 0.6) is 0 Å². The predicted molar refractivity (Wildman–Crippen MR) is 52.5 cm³/mol.